The molecule has 2 N–H and O–H groups in total. The fraction of sp³-hybridized carbons (Fsp3) is 0.409. The number of nitrogens with two attached hydrogens (primary N) is 1. The highest BCUT2D eigenvalue weighted by Crippen LogP contribution is 2.38. The molecule has 2 aromatic rings. The molecule has 2 aromatic carbocycles. The van der Waals surface area contributed by atoms with Crippen LogP contribution in [0.4, 0.5) is 5.69 Å². The predicted molar refractivity (Wildman–Crippen MR) is 107 cm³/mol. The Hall–Kier alpha value is -2.17. The molecule has 0 aromatic heterocycles. The van der Waals surface area contributed by atoms with Crippen LogP contribution in [-0.2, 0) is 16.9 Å². The van der Waals surface area contributed by atoms with Crippen LogP contribution in [0, 0.1) is 0 Å². The standard InChI is InChI=1S/C22H29N3O/c1-3-22(25-14-7-8-15-25,19-11-9-10-18(16-19)17-23)21(26)24(2)20-12-5-4-6-13-20/h4-6,9-13,16H,3,7-8,14-15,17,23H2,1-2H3. The van der Waals surface area contributed by atoms with Crippen molar-refractivity contribution in [1.29, 1.82) is 0 Å². The van der Waals surface area contributed by atoms with Gasteiger partial charge in [0.2, 0.25) is 0 Å². The second-order valence-corrected chi connectivity index (χ2v) is 7.01. The number of para-hydroxylation sites is 1. The summed E-state index contributed by atoms with van der Waals surface area (Å²) in [6.07, 6.45) is 3.01. The maximum absolute atomic E-state index is 13.8. The third kappa shape index (κ3) is 3.27. The Morgan fingerprint density at radius 2 is 1.81 bits per heavy atom. The number of rotatable bonds is 6. The summed E-state index contributed by atoms with van der Waals surface area (Å²) in [7, 11) is 1.88. The number of anilines is 1. The number of hydrogen-bond acceptors (Lipinski definition) is 3. The van der Waals surface area contributed by atoms with Crippen LogP contribution in [0.2, 0.25) is 0 Å². The smallest absolute Gasteiger partial charge is 0.251 e. The first-order valence-corrected chi connectivity index (χ1v) is 9.51. The molecule has 0 spiro atoms. The maximum Gasteiger partial charge on any atom is 0.251 e. The van der Waals surface area contributed by atoms with Crippen molar-refractivity contribution in [2.24, 2.45) is 5.73 Å². The van der Waals surface area contributed by atoms with Crippen molar-refractivity contribution in [2.75, 3.05) is 25.0 Å². The number of hydrogen-bond donors (Lipinski definition) is 1. The summed E-state index contributed by atoms with van der Waals surface area (Å²) in [6.45, 7) is 4.50. The van der Waals surface area contributed by atoms with Gasteiger partial charge >= 0.3 is 0 Å². The normalized spacial score (nSPS) is 17.0. The van der Waals surface area contributed by atoms with Crippen molar-refractivity contribution in [3.63, 3.8) is 0 Å². The van der Waals surface area contributed by atoms with Crippen LogP contribution in [0.3, 0.4) is 0 Å². The van der Waals surface area contributed by atoms with Gasteiger partial charge in [-0.3, -0.25) is 9.69 Å². The zero-order valence-electron chi connectivity index (χ0n) is 15.8. The minimum absolute atomic E-state index is 0.127. The summed E-state index contributed by atoms with van der Waals surface area (Å²) in [5.41, 5.74) is 8.27. The molecule has 0 aliphatic carbocycles. The molecule has 4 heteroatoms. The first kappa shape index (κ1) is 18.6. The van der Waals surface area contributed by atoms with Crippen LogP contribution < -0.4 is 10.6 Å². The van der Waals surface area contributed by atoms with Crippen molar-refractivity contribution in [2.45, 2.75) is 38.3 Å². The maximum atomic E-state index is 13.8. The number of carbonyl (C=O) groups excluding carboxylic acids is 1. The summed E-state index contributed by atoms with van der Waals surface area (Å²) < 4.78 is 0. The van der Waals surface area contributed by atoms with Gasteiger partial charge < -0.3 is 10.6 Å². The molecule has 1 aliphatic heterocycles. The second kappa shape index (κ2) is 8.02. The molecular formula is C22H29N3O. The van der Waals surface area contributed by atoms with E-state index in [0.29, 0.717) is 6.54 Å². The Balaban J connectivity index is 2.08. The predicted octanol–water partition coefficient (Wildman–Crippen LogP) is 3.51. The highest BCUT2D eigenvalue weighted by atomic mass is 16.2. The Kier molecular flexibility index (Phi) is 5.74. The lowest BCUT2D eigenvalue weighted by molar-refractivity contribution is -0.131. The van der Waals surface area contributed by atoms with Gasteiger partial charge in [-0.05, 0) is 55.6 Å². The highest BCUT2D eigenvalue weighted by Gasteiger charge is 2.46. The molecule has 1 atom stereocenters. The van der Waals surface area contributed by atoms with Gasteiger partial charge in [0.1, 0.15) is 5.54 Å². The number of likely N-dealkylation sites (N-methyl/N-ethyl adjacent to an activating group) is 1. The Morgan fingerprint density at radius 1 is 1.12 bits per heavy atom. The number of carbonyl (C=O) groups is 1. The van der Waals surface area contributed by atoms with Crippen molar-refractivity contribution >= 4 is 11.6 Å². The summed E-state index contributed by atoms with van der Waals surface area (Å²) in [6, 6.07) is 18.1. The van der Waals surface area contributed by atoms with Crippen LogP contribution in [0.1, 0.15) is 37.3 Å². The van der Waals surface area contributed by atoms with Gasteiger partial charge in [0.25, 0.3) is 5.91 Å². The lowest BCUT2D eigenvalue weighted by atomic mass is 9.83. The van der Waals surface area contributed by atoms with Gasteiger partial charge in [-0.1, -0.05) is 49.4 Å². The van der Waals surface area contributed by atoms with E-state index in [1.807, 2.05) is 49.5 Å². The van der Waals surface area contributed by atoms with E-state index < -0.39 is 5.54 Å². The van der Waals surface area contributed by atoms with Crippen molar-refractivity contribution in [3.8, 4) is 0 Å². The van der Waals surface area contributed by atoms with E-state index in [4.69, 9.17) is 5.73 Å². The topological polar surface area (TPSA) is 49.6 Å². The van der Waals surface area contributed by atoms with Crippen LogP contribution >= 0.6 is 0 Å². The molecule has 1 aliphatic rings. The number of nitrogens with zero attached hydrogens (tertiary/aromatic N) is 2. The monoisotopic (exact) mass is 351 g/mol. The molecule has 0 saturated carbocycles. The van der Waals surface area contributed by atoms with Gasteiger partial charge in [0.05, 0.1) is 0 Å². The first-order chi connectivity index (χ1) is 12.6. The number of amides is 1. The summed E-state index contributed by atoms with van der Waals surface area (Å²) in [5.74, 6) is 0.127. The SMILES string of the molecule is CCC(C(=O)N(C)c1ccccc1)(c1cccc(CN)c1)N1CCCC1. The highest BCUT2D eigenvalue weighted by molar-refractivity contribution is 6.00. The van der Waals surface area contributed by atoms with E-state index in [1.54, 1.807) is 4.90 Å². The van der Waals surface area contributed by atoms with Crippen LogP contribution in [0.15, 0.2) is 54.6 Å². The first-order valence-electron chi connectivity index (χ1n) is 9.51. The van der Waals surface area contributed by atoms with Gasteiger partial charge in [-0.2, -0.15) is 0 Å². The lowest BCUT2D eigenvalue weighted by Crippen LogP contribution is -2.55. The molecule has 138 valence electrons. The van der Waals surface area contributed by atoms with Crippen molar-refractivity contribution in [3.05, 3.63) is 65.7 Å². The molecule has 1 heterocycles. The zero-order valence-corrected chi connectivity index (χ0v) is 15.8. The van der Waals surface area contributed by atoms with E-state index in [0.717, 1.165) is 49.2 Å². The zero-order chi connectivity index (χ0) is 18.6. The number of likely N-dealkylation sites (tertiary alicyclic amines) is 1. The average Bonchev–Trinajstić information content (AvgIpc) is 3.24. The molecule has 1 saturated heterocycles. The molecule has 1 fully saturated rings. The van der Waals surface area contributed by atoms with Gasteiger partial charge in [-0.15, -0.1) is 0 Å². The minimum Gasteiger partial charge on any atom is -0.326 e. The molecule has 0 bridgehead atoms. The van der Waals surface area contributed by atoms with Crippen LogP contribution in [-0.4, -0.2) is 30.9 Å². The largest absolute Gasteiger partial charge is 0.326 e. The van der Waals surface area contributed by atoms with Gasteiger partial charge in [-0.25, -0.2) is 0 Å². The minimum atomic E-state index is -0.647. The molecule has 1 unspecified atom stereocenters. The fourth-order valence-electron chi connectivity index (χ4n) is 4.12. The lowest BCUT2D eigenvalue weighted by Gasteiger charge is -2.43. The molecule has 4 nitrogen and oxygen atoms in total. The average molecular weight is 351 g/mol. The van der Waals surface area contributed by atoms with E-state index in [2.05, 4.69) is 24.0 Å². The van der Waals surface area contributed by atoms with Crippen LogP contribution in [0.25, 0.3) is 0 Å². The quantitative estimate of drug-likeness (QED) is 0.866. The fourth-order valence-corrected chi connectivity index (χ4v) is 4.12. The molecular weight excluding hydrogens is 322 g/mol. The van der Waals surface area contributed by atoms with E-state index in [-0.39, 0.29) is 5.91 Å². The van der Waals surface area contributed by atoms with Crippen LogP contribution in [0.5, 0.6) is 0 Å². The van der Waals surface area contributed by atoms with Crippen molar-refractivity contribution in [1.82, 2.24) is 4.90 Å². The molecule has 26 heavy (non-hydrogen) atoms. The van der Waals surface area contributed by atoms with Crippen molar-refractivity contribution < 1.29 is 4.79 Å². The number of benzene rings is 2. The van der Waals surface area contributed by atoms with E-state index >= 15 is 0 Å². The van der Waals surface area contributed by atoms with Gasteiger partial charge in [0.15, 0.2) is 0 Å². The molecule has 1 amide bonds. The van der Waals surface area contributed by atoms with E-state index in [9.17, 15) is 4.79 Å². The molecule has 3 rings (SSSR count). The second-order valence-electron chi connectivity index (χ2n) is 7.01. The Morgan fingerprint density at radius 3 is 2.42 bits per heavy atom. The van der Waals surface area contributed by atoms with E-state index in [1.165, 1.54) is 0 Å². The molecule has 0 radical (unpaired) electrons. The Labute approximate surface area is 156 Å². The third-order valence-electron chi connectivity index (χ3n) is 5.60. The Bertz CT molecular complexity index is 740. The summed E-state index contributed by atoms with van der Waals surface area (Å²) in [5, 5.41) is 0. The summed E-state index contributed by atoms with van der Waals surface area (Å²) >= 11 is 0. The third-order valence-corrected chi connectivity index (χ3v) is 5.60. The summed E-state index contributed by atoms with van der Waals surface area (Å²) in [4.78, 5) is 18.0. The van der Waals surface area contributed by atoms with Gasteiger partial charge in [0, 0.05) is 19.3 Å².